The number of likely N-dealkylation sites (tertiary alicyclic amines) is 1. The van der Waals surface area contributed by atoms with Gasteiger partial charge in [0.15, 0.2) is 0 Å². The first-order chi connectivity index (χ1) is 18.6. The van der Waals surface area contributed by atoms with Crippen LogP contribution in [0.5, 0.6) is 5.75 Å². The van der Waals surface area contributed by atoms with Gasteiger partial charge in [-0.05, 0) is 91.7 Å². The van der Waals surface area contributed by atoms with Gasteiger partial charge >= 0.3 is 12.1 Å². The third kappa shape index (κ3) is 7.48. The number of alkyl halides is 4. The molecule has 1 aliphatic heterocycles. The van der Waals surface area contributed by atoms with Crippen LogP contribution in [-0.4, -0.2) is 47.7 Å². The van der Waals surface area contributed by atoms with E-state index in [4.69, 9.17) is 4.74 Å². The summed E-state index contributed by atoms with van der Waals surface area (Å²) in [5, 5.41) is 10.2. The first-order valence-electron chi connectivity index (χ1n) is 12.8. The Hall–Kier alpha value is -3.64. The van der Waals surface area contributed by atoms with Crippen molar-refractivity contribution in [1.29, 1.82) is 0 Å². The van der Waals surface area contributed by atoms with E-state index < -0.39 is 23.9 Å². The second-order valence-corrected chi connectivity index (χ2v) is 9.85. The number of aliphatic carboxylic acids is 1. The van der Waals surface area contributed by atoms with Gasteiger partial charge in [-0.2, -0.15) is 13.2 Å². The Morgan fingerprint density at radius 2 is 1.95 bits per heavy atom. The number of carbonyl (C=O) groups is 1. The molecule has 4 rings (SSSR count). The predicted molar refractivity (Wildman–Crippen MR) is 140 cm³/mol. The van der Waals surface area contributed by atoms with E-state index in [0.29, 0.717) is 53.8 Å². The minimum atomic E-state index is -4.39. The Morgan fingerprint density at radius 3 is 2.64 bits per heavy atom. The Labute approximate surface area is 224 Å². The van der Waals surface area contributed by atoms with Crippen molar-refractivity contribution in [3.05, 3.63) is 71.4 Å². The van der Waals surface area contributed by atoms with Gasteiger partial charge in [-0.3, -0.25) is 14.7 Å². The Kier molecular flexibility index (Phi) is 9.08. The first-order valence-corrected chi connectivity index (χ1v) is 12.8. The summed E-state index contributed by atoms with van der Waals surface area (Å²) in [7, 11) is 1.55. The van der Waals surface area contributed by atoms with Crippen molar-refractivity contribution in [1.82, 2.24) is 9.88 Å². The van der Waals surface area contributed by atoms with Crippen LogP contribution >= 0.6 is 0 Å². The molecule has 2 heterocycles. The van der Waals surface area contributed by atoms with Crippen molar-refractivity contribution >= 4 is 16.9 Å². The molecule has 0 saturated carbocycles. The number of carboxylic acid groups (broad SMARTS) is 1. The molecule has 1 saturated heterocycles. The Morgan fingerprint density at radius 1 is 1.18 bits per heavy atom. The second-order valence-electron chi connectivity index (χ2n) is 9.85. The first kappa shape index (κ1) is 28.4. The van der Waals surface area contributed by atoms with Gasteiger partial charge in [0, 0.05) is 30.1 Å². The average Bonchev–Trinajstić information content (AvgIpc) is 2.91. The molecule has 5 nitrogen and oxygen atoms in total. The number of nitrogens with zero attached hydrogens (tertiary/aromatic N) is 2. The molecule has 0 radical (unpaired) electrons. The number of pyridine rings is 1. The summed E-state index contributed by atoms with van der Waals surface area (Å²) in [5.41, 5.74) is 0.990. The van der Waals surface area contributed by atoms with E-state index in [2.05, 4.69) is 21.7 Å². The molecule has 39 heavy (non-hydrogen) atoms. The van der Waals surface area contributed by atoms with Gasteiger partial charge < -0.3 is 9.84 Å². The number of piperidine rings is 1. The van der Waals surface area contributed by atoms with Crippen LogP contribution in [0.15, 0.2) is 54.7 Å². The molecule has 0 spiro atoms. The fraction of sp³-hybridized carbons (Fsp3) is 0.400. The van der Waals surface area contributed by atoms with Gasteiger partial charge in [0.05, 0.1) is 24.7 Å². The highest BCUT2D eigenvalue weighted by Crippen LogP contribution is 2.36. The van der Waals surface area contributed by atoms with Crippen LogP contribution in [0.2, 0.25) is 0 Å². The minimum absolute atomic E-state index is 0.0140. The number of fused-ring (bicyclic) bond motifs is 1. The van der Waals surface area contributed by atoms with E-state index in [1.165, 1.54) is 12.1 Å². The topological polar surface area (TPSA) is 62.7 Å². The van der Waals surface area contributed by atoms with Crippen LogP contribution in [0.3, 0.4) is 0 Å². The molecule has 2 aromatic carbocycles. The number of ether oxygens (including phenoxy) is 1. The summed E-state index contributed by atoms with van der Waals surface area (Å²) >= 11 is 0. The molecule has 1 aromatic heterocycles. The van der Waals surface area contributed by atoms with Crippen molar-refractivity contribution < 1.29 is 32.2 Å². The van der Waals surface area contributed by atoms with Crippen molar-refractivity contribution in [2.75, 3.05) is 26.7 Å². The number of carboxylic acids is 1. The molecule has 3 atom stereocenters. The summed E-state index contributed by atoms with van der Waals surface area (Å²) in [6, 6.07) is 11.7. The molecular weight excluding hydrogens is 512 g/mol. The predicted octanol–water partition coefficient (Wildman–Crippen LogP) is 6.52. The molecule has 1 N–H and O–H groups in total. The fourth-order valence-corrected chi connectivity index (χ4v) is 5.19. The molecule has 0 unspecified atom stereocenters. The summed E-state index contributed by atoms with van der Waals surface area (Å²) in [6.07, 6.45) is -2.49. The smallest absolute Gasteiger partial charge is 0.416 e. The number of hydrogen-bond acceptors (Lipinski definition) is 4. The highest BCUT2D eigenvalue weighted by molar-refractivity contribution is 5.83. The van der Waals surface area contributed by atoms with Crippen LogP contribution in [0.25, 0.3) is 10.9 Å². The van der Waals surface area contributed by atoms with E-state index in [1.54, 1.807) is 37.6 Å². The van der Waals surface area contributed by atoms with Gasteiger partial charge in [0.2, 0.25) is 0 Å². The van der Waals surface area contributed by atoms with Crippen LogP contribution in [0.4, 0.5) is 17.6 Å². The fourth-order valence-electron chi connectivity index (χ4n) is 5.19. The van der Waals surface area contributed by atoms with E-state index in [1.807, 2.05) is 0 Å². The van der Waals surface area contributed by atoms with Crippen LogP contribution in [0.1, 0.15) is 48.5 Å². The Balaban J connectivity index is 1.37. The zero-order chi connectivity index (χ0) is 28.0. The van der Waals surface area contributed by atoms with Crippen molar-refractivity contribution in [2.45, 2.75) is 38.0 Å². The molecule has 0 bridgehead atoms. The van der Waals surface area contributed by atoms with E-state index in [-0.39, 0.29) is 24.7 Å². The third-order valence-electron chi connectivity index (χ3n) is 7.27. The van der Waals surface area contributed by atoms with Gasteiger partial charge in [0.25, 0.3) is 0 Å². The molecule has 1 fully saturated rings. The molecule has 9 heteroatoms. The SMILES string of the molecule is COc1ccc2nccc([C@H](F)CC[C@@H]3CCN(CC#Cc4ccc(C(F)(F)F)cc4)C[C@@H]3CC(=O)O)c2c1. The number of halogens is 4. The lowest BCUT2D eigenvalue weighted by atomic mass is 9.79. The zero-order valence-electron chi connectivity index (χ0n) is 21.5. The summed E-state index contributed by atoms with van der Waals surface area (Å²) in [5.74, 6) is 5.50. The average molecular weight is 543 g/mol. The minimum Gasteiger partial charge on any atom is -0.497 e. The standard InChI is InChI=1S/C30H30F4N2O3/c1-39-24-9-11-28-26(18-24)25(12-14-35-28)27(31)10-6-21-13-16-36(19-22(21)17-29(37)38)15-2-3-20-4-7-23(8-5-20)30(32,33)34/h4-5,7-9,11-12,14,18,21-22,27H,6,10,13,15-17,19H2,1H3,(H,37,38)/t21-,22+,27-/m1/s1. The van der Waals surface area contributed by atoms with Gasteiger partial charge in [0.1, 0.15) is 11.9 Å². The number of methoxy groups -OCH3 is 1. The number of rotatable bonds is 8. The molecule has 0 aliphatic carbocycles. The largest absolute Gasteiger partial charge is 0.497 e. The molecule has 206 valence electrons. The van der Waals surface area contributed by atoms with E-state index >= 15 is 4.39 Å². The van der Waals surface area contributed by atoms with Crippen LogP contribution < -0.4 is 4.74 Å². The second kappa shape index (κ2) is 12.5. The highest BCUT2D eigenvalue weighted by atomic mass is 19.4. The van der Waals surface area contributed by atoms with E-state index in [9.17, 15) is 23.1 Å². The normalized spacial score (nSPS) is 18.8. The lowest BCUT2D eigenvalue weighted by Crippen LogP contribution is -2.41. The summed E-state index contributed by atoms with van der Waals surface area (Å²) in [6.45, 7) is 1.58. The summed E-state index contributed by atoms with van der Waals surface area (Å²) in [4.78, 5) is 17.9. The summed E-state index contributed by atoms with van der Waals surface area (Å²) < 4.78 is 59.0. The van der Waals surface area contributed by atoms with Crippen LogP contribution in [-0.2, 0) is 11.0 Å². The van der Waals surface area contributed by atoms with Crippen molar-refractivity contribution in [3.8, 4) is 17.6 Å². The number of hydrogen-bond donors (Lipinski definition) is 1. The van der Waals surface area contributed by atoms with Crippen LogP contribution in [0, 0.1) is 23.7 Å². The van der Waals surface area contributed by atoms with Crippen molar-refractivity contribution in [3.63, 3.8) is 0 Å². The maximum Gasteiger partial charge on any atom is 0.416 e. The maximum absolute atomic E-state index is 15.5. The van der Waals surface area contributed by atoms with Gasteiger partial charge in [-0.15, -0.1) is 0 Å². The molecular formula is C30H30F4N2O3. The van der Waals surface area contributed by atoms with Crippen molar-refractivity contribution in [2.24, 2.45) is 11.8 Å². The van der Waals surface area contributed by atoms with Gasteiger partial charge in [-0.1, -0.05) is 11.8 Å². The van der Waals surface area contributed by atoms with Gasteiger partial charge in [-0.25, -0.2) is 4.39 Å². The lowest BCUT2D eigenvalue weighted by Gasteiger charge is -2.37. The molecule has 1 aliphatic rings. The molecule has 0 amide bonds. The Bertz CT molecular complexity index is 1350. The quantitative estimate of drug-likeness (QED) is 0.260. The zero-order valence-corrected chi connectivity index (χ0v) is 21.5. The lowest BCUT2D eigenvalue weighted by molar-refractivity contribution is -0.139. The monoisotopic (exact) mass is 542 g/mol. The third-order valence-corrected chi connectivity index (χ3v) is 7.27. The number of aromatic nitrogens is 1. The maximum atomic E-state index is 15.5. The molecule has 3 aromatic rings. The highest BCUT2D eigenvalue weighted by Gasteiger charge is 2.32. The number of benzene rings is 2. The van der Waals surface area contributed by atoms with E-state index in [0.717, 1.165) is 18.6 Å².